The summed E-state index contributed by atoms with van der Waals surface area (Å²) in [5.41, 5.74) is 1.91. The van der Waals surface area contributed by atoms with Gasteiger partial charge in [-0.2, -0.15) is 5.26 Å². The molecule has 0 spiro atoms. The van der Waals surface area contributed by atoms with Crippen LogP contribution < -0.4 is 0 Å². The molecular weight excluding hydrogens is 307 g/mol. The summed E-state index contributed by atoms with van der Waals surface area (Å²) in [5, 5.41) is 18.8. The third kappa shape index (κ3) is 3.29. The summed E-state index contributed by atoms with van der Waals surface area (Å²) < 4.78 is 13.5. The minimum absolute atomic E-state index is 0.211. The maximum atomic E-state index is 13.5. The molecule has 0 aliphatic carbocycles. The van der Waals surface area contributed by atoms with Gasteiger partial charge >= 0.3 is 0 Å². The van der Waals surface area contributed by atoms with Gasteiger partial charge in [0.05, 0.1) is 24.6 Å². The lowest BCUT2D eigenvalue weighted by atomic mass is 10.0. The van der Waals surface area contributed by atoms with Gasteiger partial charge in [-0.3, -0.25) is 4.79 Å². The molecule has 4 nitrogen and oxygen atoms in total. The summed E-state index contributed by atoms with van der Waals surface area (Å²) in [6, 6.07) is 14.7. The Bertz CT molecular complexity index is 800. The second-order valence-electron chi connectivity index (χ2n) is 5.95. The molecular formula is C19H17FN2O2. The van der Waals surface area contributed by atoms with Crippen molar-refractivity contribution in [3.05, 3.63) is 71.0 Å². The van der Waals surface area contributed by atoms with Gasteiger partial charge in [-0.1, -0.05) is 24.3 Å². The Balaban J connectivity index is 1.90. The van der Waals surface area contributed by atoms with Crippen LogP contribution in [0.25, 0.3) is 0 Å². The summed E-state index contributed by atoms with van der Waals surface area (Å²) in [5.74, 6) is -0.585. The van der Waals surface area contributed by atoms with Gasteiger partial charge in [-0.25, -0.2) is 4.39 Å². The molecule has 2 atom stereocenters. The molecule has 1 fully saturated rings. The molecule has 2 aromatic rings. The van der Waals surface area contributed by atoms with Gasteiger partial charge in [0.1, 0.15) is 5.82 Å². The van der Waals surface area contributed by atoms with Gasteiger partial charge in [0, 0.05) is 12.1 Å². The zero-order valence-corrected chi connectivity index (χ0v) is 13.0. The molecule has 0 aromatic heterocycles. The fourth-order valence-electron chi connectivity index (χ4n) is 3.14. The van der Waals surface area contributed by atoms with Gasteiger partial charge in [0.2, 0.25) is 0 Å². The van der Waals surface area contributed by atoms with Crippen molar-refractivity contribution in [1.82, 2.24) is 4.90 Å². The number of hydrogen-bond acceptors (Lipinski definition) is 3. The molecule has 0 saturated carbocycles. The van der Waals surface area contributed by atoms with Crippen molar-refractivity contribution in [2.24, 2.45) is 0 Å². The first-order chi connectivity index (χ1) is 11.6. The summed E-state index contributed by atoms with van der Waals surface area (Å²) in [7, 11) is 0. The number of halogens is 1. The zero-order chi connectivity index (χ0) is 17.1. The number of carbonyl (C=O) groups is 1. The third-order valence-corrected chi connectivity index (χ3v) is 4.23. The van der Waals surface area contributed by atoms with E-state index in [-0.39, 0.29) is 30.7 Å². The second-order valence-corrected chi connectivity index (χ2v) is 5.95. The van der Waals surface area contributed by atoms with E-state index < -0.39 is 6.10 Å². The first kappa shape index (κ1) is 16.2. The number of aliphatic hydroxyl groups is 1. The topological polar surface area (TPSA) is 64.3 Å². The molecule has 1 N–H and O–H groups in total. The van der Waals surface area contributed by atoms with E-state index in [9.17, 15) is 14.3 Å². The highest BCUT2D eigenvalue weighted by molar-refractivity contribution is 5.95. The smallest absolute Gasteiger partial charge is 0.254 e. The Kier molecular flexibility index (Phi) is 4.59. The molecule has 3 rings (SSSR count). The van der Waals surface area contributed by atoms with Gasteiger partial charge in [-0.05, 0) is 41.8 Å². The molecule has 1 saturated heterocycles. The summed E-state index contributed by atoms with van der Waals surface area (Å²) in [4.78, 5) is 14.4. The minimum atomic E-state index is -0.635. The van der Waals surface area contributed by atoms with Crippen molar-refractivity contribution < 1.29 is 14.3 Å². The number of β-amino-alcohol motifs (C(OH)–C–C–N with tert-alkyl or cyclic N) is 1. The molecule has 0 unspecified atom stereocenters. The number of amides is 1. The lowest BCUT2D eigenvalue weighted by molar-refractivity contribution is 0.0715. The lowest BCUT2D eigenvalue weighted by Crippen LogP contribution is -2.31. The van der Waals surface area contributed by atoms with Crippen molar-refractivity contribution in [2.75, 3.05) is 6.54 Å². The van der Waals surface area contributed by atoms with Crippen LogP contribution in [0.15, 0.2) is 48.5 Å². The largest absolute Gasteiger partial charge is 0.391 e. The highest BCUT2D eigenvalue weighted by atomic mass is 19.1. The predicted octanol–water partition coefficient (Wildman–Crippen LogP) is 2.84. The molecule has 24 heavy (non-hydrogen) atoms. The number of likely N-dealkylation sites (tertiary alicyclic amines) is 1. The van der Waals surface area contributed by atoms with Crippen LogP contribution in [0.5, 0.6) is 0 Å². The van der Waals surface area contributed by atoms with E-state index in [2.05, 4.69) is 6.07 Å². The van der Waals surface area contributed by atoms with Gasteiger partial charge in [0.25, 0.3) is 5.91 Å². The Morgan fingerprint density at radius 1 is 1.29 bits per heavy atom. The number of carbonyl (C=O) groups excluding carboxylic acids is 1. The quantitative estimate of drug-likeness (QED) is 0.944. The summed E-state index contributed by atoms with van der Waals surface area (Å²) in [6.45, 7) is 0.211. The maximum absolute atomic E-state index is 13.5. The van der Waals surface area contributed by atoms with E-state index in [4.69, 9.17) is 5.26 Å². The van der Waals surface area contributed by atoms with Crippen LogP contribution in [-0.4, -0.2) is 28.6 Å². The van der Waals surface area contributed by atoms with E-state index in [1.54, 1.807) is 41.3 Å². The number of rotatable bonds is 3. The van der Waals surface area contributed by atoms with Gasteiger partial charge in [0.15, 0.2) is 0 Å². The molecule has 2 aromatic carbocycles. The van der Waals surface area contributed by atoms with E-state index in [1.807, 2.05) is 0 Å². The maximum Gasteiger partial charge on any atom is 0.254 e. The number of hydrogen-bond donors (Lipinski definition) is 1. The van der Waals surface area contributed by atoms with Crippen LogP contribution in [0.1, 0.15) is 33.9 Å². The molecule has 0 radical (unpaired) electrons. The SMILES string of the molecule is N#CCc1cccc(C(=O)N2C[C@H](O)C[C@H]2c2cccc(F)c2)c1. The van der Waals surface area contributed by atoms with Crippen LogP contribution in [0.4, 0.5) is 4.39 Å². The third-order valence-electron chi connectivity index (χ3n) is 4.23. The number of benzene rings is 2. The van der Waals surface area contributed by atoms with Crippen molar-refractivity contribution in [3.63, 3.8) is 0 Å². The van der Waals surface area contributed by atoms with Crippen molar-refractivity contribution >= 4 is 5.91 Å². The normalized spacial score (nSPS) is 20.0. The van der Waals surface area contributed by atoms with E-state index in [0.717, 1.165) is 5.56 Å². The monoisotopic (exact) mass is 324 g/mol. The van der Waals surface area contributed by atoms with Crippen LogP contribution in [0, 0.1) is 17.1 Å². The average molecular weight is 324 g/mol. The van der Waals surface area contributed by atoms with Crippen LogP contribution in [0.2, 0.25) is 0 Å². The highest BCUT2D eigenvalue weighted by Crippen LogP contribution is 2.33. The average Bonchev–Trinajstić information content (AvgIpc) is 2.97. The predicted molar refractivity (Wildman–Crippen MR) is 86.6 cm³/mol. The molecule has 1 aliphatic rings. The minimum Gasteiger partial charge on any atom is -0.391 e. The molecule has 5 heteroatoms. The number of nitrogens with zero attached hydrogens (tertiary/aromatic N) is 2. The fourth-order valence-corrected chi connectivity index (χ4v) is 3.14. The molecule has 1 heterocycles. The molecule has 122 valence electrons. The molecule has 1 amide bonds. The second kappa shape index (κ2) is 6.81. The van der Waals surface area contributed by atoms with Crippen LogP contribution >= 0.6 is 0 Å². The zero-order valence-electron chi connectivity index (χ0n) is 13.0. The van der Waals surface area contributed by atoms with Crippen LogP contribution in [0.3, 0.4) is 0 Å². The Morgan fingerprint density at radius 3 is 2.83 bits per heavy atom. The van der Waals surface area contributed by atoms with Crippen molar-refractivity contribution in [2.45, 2.75) is 25.0 Å². The standard InChI is InChI=1S/C19H17FN2O2/c20-16-6-2-4-14(10-16)18-11-17(23)12-22(18)19(24)15-5-1-3-13(9-15)7-8-21/h1-6,9-10,17-18,23H,7,11-12H2/t17-,18+/m1/s1. The van der Waals surface area contributed by atoms with Crippen molar-refractivity contribution in [3.8, 4) is 6.07 Å². The summed E-state index contributed by atoms with van der Waals surface area (Å²) >= 11 is 0. The highest BCUT2D eigenvalue weighted by Gasteiger charge is 2.35. The summed E-state index contributed by atoms with van der Waals surface area (Å²) in [6.07, 6.45) is -0.0195. The Morgan fingerprint density at radius 2 is 2.08 bits per heavy atom. The first-order valence-electron chi connectivity index (χ1n) is 7.79. The van der Waals surface area contributed by atoms with E-state index in [0.29, 0.717) is 17.5 Å². The van der Waals surface area contributed by atoms with Gasteiger partial charge in [-0.15, -0.1) is 0 Å². The fraction of sp³-hybridized carbons (Fsp3) is 0.263. The Labute approximate surface area is 139 Å². The van der Waals surface area contributed by atoms with Gasteiger partial charge < -0.3 is 10.0 Å². The first-order valence-corrected chi connectivity index (χ1v) is 7.79. The molecule has 0 bridgehead atoms. The molecule has 1 aliphatic heterocycles. The van der Waals surface area contributed by atoms with Crippen molar-refractivity contribution in [1.29, 1.82) is 5.26 Å². The van der Waals surface area contributed by atoms with E-state index >= 15 is 0 Å². The Hall–Kier alpha value is -2.71. The lowest BCUT2D eigenvalue weighted by Gasteiger charge is -2.25. The van der Waals surface area contributed by atoms with Crippen LogP contribution in [-0.2, 0) is 6.42 Å². The number of nitriles is 1. The van der Waals surface area contributed by atoms with E-state index in [1.165, 1.54) is 12.1 Å². The number of aliphatic hydroxyl groups excluding tert-OH is 1.